The highest BCUT2D eigenvalue weighted by Crippen LogP contribution is 2.23. The molecule has 5 rings (SSSR count). The Morgan fingerprint density at radius 1 is 1.06 bits per heavy atom. The summed E-state index contributed by atoms with van der Waals surface area (Å²) in [6, 6.07) is 18.7. The summed E-state index contributed by atoms with van der Waals surface area (Å²) in [5.41, 5.74) is 1.86. The molecule has 1 aliphatic heterocycles. The van der Waals surface area contributed by atoms with Crippen LogP contribution in [0.15, 0.2) is 71.7 Å². The lowest BCUT2D eigenvalue weighted by atomic mass is 10.0. The SMILES string of the molecule is O=C(NCC1CCCCN1c1nc2c(cnn2-c2ccccc2)c(=O)[nH]1)Nc1ccccc1. The van der Waals surface area contributed by atoms with Gasteiger partial charge in [0, 0.05) is 24.8 Å². The van der Waals surface area contributed by atoms with E-state index in [1.54, 1.807) is 10.9 Å². The van der Waals surface area contributed by atoms with Gasteiger partial charge in [0.05, 0.1) is 11.9 Å². The van der Waals surface area contributed by atoms with Crippen molar-refractivity contribution in [3.8, 4) is 5.69 Å². The van der Waals surface area contributed by atoms with Crippen molar-refractivity contribution in [1.29, 1.82) is 0 Å². The van der Waals surface area contributed by atoms with Gasteiger partial charge in [0.15, 0.2) is 5.65 Å². The predicted molar refractivity (Wildman–Crippen MR) is 128 cm³/mol. The van der Waals surface area contributed by atoms with E-state index in [4.69, 9.17) is 4.98 Å². The number of anilines is 2. The molecule has 2 aromatic carbocycles. The highest BCUT2D eigenvalue weighted by molar-refractivity contribution is 5.89. The number of carbonyl (C=O) groups excluding carboxylic acids is 1. The molecule has 168 valence electrons. The van der Waals surface area contributed by atoms with Crippen molar-refractivity contribution in [2.45, 2.75) is 25.3 Å². The Morgan fingerprint density at radius 3 is 2.61 bits per heavy atom. The first-order valence-electron chi connectivity index (χ1n) is 11.1. The molecule has 3 heterocycles. The van der Waals surface area contributed by atoms with E-state index in [2.05, 4.69) is 25.6 Å². The van der Waals surface area contributed by atoms with Crippen LogP contribution in [0.25, 0.3) is 16.7 Å². The van der Waals surface area contributed by atoms with Crippen LogP contribution in [0.5, 0.6) is 0 Å². The number of carbonyl (C=O) groups is 1. The summed E-state index contributed by atoms with van der Waals surface area (Å²) < 4.78 is 1.68. The number of aromatic nitrogens is 4. The minimum absolute atomic E-state index is 0.0222. The molecule has 1 unspecified atom stereocenters. The van der Waals surface area contributed by atoms with Gasteiger partial charge in [-0.05, 0) is 43.5 Å². The fraction of sp³-hybridized carbons (Fsp3) is 0.250. The van der Waals surface area contributed by atoms with E-state index in [-0.39, 0.29) is 17.6 Å². The van der Waals surface area contributed by atoms with E-state index in [9.17, 15) is 9.59 Å². The van der Waals surface area contributed by atoms with Crippen molar-refractivity contribution in [3.63, 3.8) is 0 Å². The fourth-order valence-corrected chi connectivity index (χ4v) is 4.20. The van der Waals surface area contributed by atoms with Crippen LogP contribution in [0.2, 0.25) is 0 Å². The first kappa shape index (κ1) is 20.7. The Kier molecular flexibility index (Phi) is 5.75. The first-order chi connectivity index (χ1) is 16.2. The summed E-state index contributed by atoms with van der Waals surface area (Å²) in [6.45, 7) is 1.19. The minimum Gasteiger partial charge on any atom is -0.338 e. The van der Waals surface area contributed by atoms with Crippen molar-refractivity contribution < 1.29 is 4.79 Å². The number of rotatable bonds is 5. The summed E-state index contributed by atoms with van der Waals surface area (Å²) in [6.07, 6.45) is 4.48. The number of aromatic amines is 1. The zero-order valence-corrected chi connectivity index (χ0v) is 18.1. The molecule has 33 heavy (non-hydrogen) atoms. The summed E-state index contributed by atoms with van der Waals surface area (Å²) >= 11 is 0. The standard InChI is InChI=1S/C24H25N7O2/c32-22-20-16-26-31(18-11-5-2-6-12-18)21(20)28-23(29-22)30-14-8-7-13-19(30)15-25-24(33)27-17-9-3-1-4-10-17/h1-6,9-12,16,19H,7-8,13-15H2,(H2,25,27,33)(H,28,29,32). The van der Waals surface area contributed by atoms with Gasteiger partial charge in [-0.3, -0.25) is 9.78 Å². The van der Waals surface area contributed by atoms with Crippen molar-refractivity contribution in [1.82, 2.24) is 25.1 Å². The Labute approximate surface area is 190 Å². The molecular formula is C24H25N7O2. The monoisotopic (exact) mass is 443 g/mol. The van der Waals surface area contributed by atoms with Gasteiger partial charge in [-0.2, -0.15) is 10.1 Å². The van der Waals surface area contributed by atoms with E-state index in [0.717, 1.165) is 37.2 Å². The maximum absolute atomic E-state index is 12.8. The van der Waals surface area contributed by atoms with Gasteiger partial charge in [-0.25, -0.2) is 9.48 Å². The molecule has 0 spiro atoms. The van der Waals surface area contributed by atoms with Crippen LogP contribution in [-0.2, 0) is 0 Å². The van der Waals surface area contributed by atoms with Crippen LogP contribution in [0.3, 0.4) is 0 Å². The number of nitrogens with zero attached hydrogens (tertiary/aromatic N) is 4. The molecule has 1 aliphatic rings. The number of hydrogen-bond donors (Lipinski definition) is 3. The highest BCUT2D eigenvalue weighted by Gasteiger charge is 2.26. The lowest BCUT2D eigenvalue weighted by molar-refractivity contribution is 0.250. The average molecular weight is 444 g/mol. The lowest BCUT2D eigenvalue weighted by Gasteiger charge is -2.36. The van der Waals surface area contributed by atoms with Gasteiger partial charge in [0.2, 0.25) is 5.95 Å². The number of piperidine rings is 1. The molecule has 1 fully saturated rings. The lowest BCUT2D eigenvalue weighted by Crippen LogP contribution is -2.48. The van der Waals surface area contributed by atoms with Crippen LogP contribution in [0.4, 0.5) is 16.4 Å². The molecule has 0 radical (unpaired) electrons. The van der Waals surface area contributed by atoms with Crippen LogP contribution in [-0.4, -0.2) is 44.9 Å². The highest BCUT2D eigenvalue weighted by atomic mass is 16.2. The number of urea groups is 1. The number of benzene rings is 2. The second-order valence-corrected chi connectivity index (χ2v) is 8.06. The molecule has 0 saturated carbocycles. The normalized spacial score (nSPS) is 16.0. The Bertz CT molecular complexity index is 1300. The third-order valence-electron chi connectivity index (χ3n) is 5.86. The van der Waals surface area contributed by atoms with E-state index in [1.165, 1.54) is 0 Å². The Morgan fingerprint density at radius 2 is 1.82 bits per heavy atom. The van der Waals surface area contributed by atoms with Crippen LogP contribution in [0.1, 0.15) is 19.3 Å². The second-order valence-electron chi connectivity index (χ2n) is 8.06. The van der Waals surface area contributed by atoms with E-state index < -0.39 is 0 Å². The van der Waals surface area contributed by atoms with Gasteiger partial charge in [-0.1, -0.05) is 36.4 Å². The Hall–Kier alpha value is -4.14. The molecule has 2 amide bonds. The smallest absolute Gasteiger partial charge is 0.319 e. The predicted octanol–water partition coefficient (Wildman–Crippen LogP) is 3.29. The molecule has 0 aliphatic carbocycles. The minimum atomic E-state index is -0.259. The maximum Gasteiger partial charge on any atom is 0.319 e. The maximum atomic E-state index is 12.8. The van der Waals surface area contributed by atoms with Crippen molar-refractivity contribution in [2.75, 3.05) is 23.3 Å². The van der Waals surface area contributed by atoms with Crippen LogP contribution >= 0.6 is 0 Å². The van der Waals surface area contributed by atoms with E-state index in [1.807, 2.05) is 60.7 Å². The van der Waals surface area contributed by atoms with Crippen molar-refractivity contribution in [3.05, 3.63) is 77.2 Å². The summed E-state index contributed by atoms with van der Waals surface area (Å²) in [4.78, 5) is 35.0. The number of H-pyrrole nitrogens is 1. The molecular weight excluding hydrogens is 418 g/mol. The molecule has 4 aromatic rings. The van der Waals surface area contributed by atoms with E-state index in [0.29, 0.717) is 23.5 Å². The van der Waals surface area contributed by atoms with Gasteiger partial charge in [0.25, 0.3) is 5.56 Å². The molecule has 1 atom stereocenters. The fourth-order valence-electron chi connectivity index (χ4n) is 4.20. The van der Waals surface area contributed by atoms with Crippen molar-refractivity contribution in [2.24, 2.45) is 0 Å². The zero-order chi connectivity index (χ0) is 22.6. The van der Waals surface area contributed by atoms with Crippen LogP contribution in [0, 0.1) is 0 Å². The quantitative estimate of drug-likeness (QED) is 0.439. The van der Waals surface area contributed by atoms with Gasteiger partial charge >= 0.3 is 6.03 Å². The largest absolute Gasteiger partial charge is 0.338 e. The molecule has 0 bridgehead atoms. The molecule has 9 heteroatoms. The van der Waals surface area contributed by atoms with Gasteiger partial charge in [-0.15, -0.1) is 0 Å². The molecule has 3 N–H and O–H groups in total. The molecule has 1 saturated heterocycles. The number of para-hydroxylation sites is 2. The Balaban J connectivity index is 1.38. The first-order valence-corrected chi connectivity index (χ1v) is 11.1. The summed E-state index contributed by atoms with van der Waals surface area (Å²) in [7, 11) is 0. The zero-order valence-electron chi connectivity index (χ0n) is 18.1. The van der Waals surface area contributed by atoms with Crippen molar-refractivity contribution >= 4 is 28.7 Å². The molecule has 2 aromatic heterocycles. The second kappa shape index (κ2) is 9.15. The van der Waals surface area contributed by atoms with Crippen LogP contribution < -0.4 is 21.1 Å². The topological polar surface area (TPSA) is 108 Å². The number of hydrogen-bond acceptors (Lipinski definition) is 5. The third kappa shape index (κ3) is 4.43. The van der Waals surface area contributed by atoms with Gasteiger partial charge in [0.1, 0.15) is 5.39 Å². The average Bonchev–Trinajstić information content (AvgIpc) is 3.29. The molecule has 9 nitrogen and oxygen atoms in total. The van der Waals surface area contributed by atoms with Gasteiger partial charge < -0.3 is 15.5 Å². The third-order valence-corrected chi connectivity index (χ3v) is 5.86. The number of amides is 2. The number of nitrogens with one attached hydrogen (secondary N) is 3. The van der Waals surface area contributed by atoms with E-state index >= 15 is 0 Å². The summed E-state index contributed by atoms with van der Waals surface area (Å²) in [5, 5.41) is 10.6. The summed E-state index contributed by atoms with van der Waals surface area (Å²) in [5.74, 6) is 0.500. The number of fused-ring (bicyclic) bond motifs is 1.